The van der Waals surface area contributed by atoms with E-state index in [1.807, 2.05) is 0 Å². The van der Waals surface area contributed by atoms with Crippen LogP contribution in [0.2, 0.25) is 0 Å². The van der Waals surface area contributed by atoms with Crippen molar-refractivity contribution in [3.8, 4) is 23.7 Å². The van der Waals surface area contributed by atoms with Crippen molar-refractivity contribution in [2.45, 2.75) is 153 Å². The number of aliphatic hydroxyl groups is 2. The highest BCUT2D eigenvalue weighted by atomic mass is 31.3. The van der Waals surface area contributed by atoms with Crippen LogP contribution in [0.1, 0.15) is 116 Å². The summed E-state index contributed by atoms with van der Waals surface area (Å²) < 4.78 is 125. The van der Waals surface area contributed by atoms with Crippen LogP contribution in [0.3, 0.4) is 0 Å². The summed E-state index contributed by atoms with van der Waals surface area (Å²) in [6.07, 6.45) is -5.31. The Hall–Kier alpha value is -5.46. The predicted molar refractivity (Wildman–Crippen MR) is 322 cm³/mol. The number of phosphoric acid groups is 6. The lowest BCUT2D eigenvalue weighted by atomic mass is 10.1. The number of phosphoric ester groups is 2. The summed E-state index contributed by atoms with van der Waals surface area (Å²) in [6, 6.07) is -1.99. The van der Waals surface area contributed by atoms with Gasteiger partial charge in [-0.05, 0) is 80.2 Å². The largest absolute Gasteiger partial charge is 0.490 e. The molecular formula is C46H76N10O34P6. The maximum atomic E-state index is 12.9. The molecule has 2 aromatic heterocycles. The standard InChI is InChI=1S/C28H46N5O19P3.C18H30N5O15P3/c1-27(2,3)49-25(37)30-12-8-7-11-18(31-26(38)50-28(4,5)6)23(35)46-13-9-10-17-15-33(24(36)32-22(17)29)21-14-19(34)20(48-21)16-47-54(42,43)52-55(44,45)51-53(39,40)41;19-6-2-1-5-12(20)17(25)34-7-3-4-11-9-23(18(26)22-16(11)21)15-8-13(24)14(36-15)10-35-40(30,31)38-41(32,33)37-39(27,28)29/h15,18-21,34H,7-8,11-14,16H2,1-6H3,(H,30,37)(H,31,38)(H,42,43)(H,44,45)(H2,29,32,36)(H2,39,40,41);9,12-15,24H,1-2,5-8,10,19-20H2,(H,30,31)(H,32,33)(H2,21,22,26)(H2,27,28,29)/t18?,19-,20-,21-;12?,13-,14-,15-/m11/s1. The number of rotatable bonds is 30. The number of aromatic nitrogens is 4. The number of hydrogen-bond donors (Lipinski definition) is 16. The number of nitrogens with one attached hydrogen (secondary N) is 2. The van der Waals surface area contributed by atoms with E-state index in [0.29, 0.717) is 38.6 Å². The first-order chi connectivity index (χ1) is 44.0. The van der Waals surface area contributed by atoms with Crippen LogP contribution in [-0.4, -0.2) is 180 Å². The van der Waals surface area contributed by atoms with Gasteiger partial charge in [-0.1, -0.05) is 30.1 Å². The number of hydrogen-bond acceptors (Lipinski definition) is 32. The van der Waals surface area contributed by atoms with Crippen LogP contribution in [0.15, 0.2) is 22.0 Å². The number of amides is 2. The zero-order valence-electron chi connectivity index (χ0n) is 51.7. The average molecular weight is 1500 g/mol. The molecule has 0 aliphatic carbocycles. The zero-order valence-corrected chi connectivity index (χ0v) is 57.1. The van der Waals surface area contributed by atoms with Gasteiger partial charge in [0.05, 0.1) is 36.5 Å². The first kappa shape index (κ1) is 84.8. The highest BCUT2D eigenvalue weighted by molar-refractivity contribution is 7.67. The molecule has 0 radical (unpaired) electrons. The number of anilines is 2. The van der Waals surface area contributed by atoms with Gasteiger partial charge in [-0.3, -0.25) is 23.0 Å². The number of nitrogen functional groups attached to an aromatic ring is 2. The Bertz CT molecular complexity index is 3590. The number of aliphatic hydroxyl groups excluding tert-OH is 2. The lowest BCUT2D eigenvalue weighted by molar-refractivity contribution is -0.145. The van der Waals surface area contributed by atoms with E-state index in [4.69, 9.17) is 70.9 Å². The molecule has 20 N–H and O–H groups in total. The molecule has 96 heavy (non-hydrogen) atoms. The molecule has 0 aromatic carbocycles. The first-order valence-corrected chi connectivity index (χ1v) is 36.8. The molecule has 12 atom stereocenters. The molecule has 0 spiro atoms. The normalized spacial score (nSPS) is 21.2. The molecule has 2 aliphatic rings. The molecule has 544 valence electrons. The van der Waals surface area contributed by atoms with Crippen molar-refractivity contribution >= 4 is 82.7 Å². The molecule has 2 aliphatic heterocycles. The van der Waals surface area contributed by atoms with Crippen molar-refractivity contribution in [1.82, 2.24) is 29.7 Å². The fraction of sp³-hybridized carbons (Fsp3) is 0.652. The third-order valence-electron chi connectivity index (χ3n) is 11.5. The summed E-state index contributed by atoms with van der Waals surface area (Å²) in [5.74, 6) is 8.11. The third kappa shape index (κ3) is 32.9. The van der Waals surface area contributed by atoms with Gasteiger partial charge in [0.25, 0.3) is 0 Å². The molecular weight excluding hydrogens is 1420 g/mol. The number of ether oxygens (including phenoxy) is 6. The number of nitrogens with two attached hydrogens (primary N) is 4. The maximum Gasteiger partial charge on any atom is 0.490 e. The quantitative estimate of drug-likeness (QED) is 0.0154. The van der Waals surface area contributed by atoms with Gasteiger partial charge >= 0.3 is 82.4 Å². The second-order valence-electron chi connectivity index (χ2n) is 21.9. The third-order valence-corrected chi connectivity index (χ3v) is 19.1. The molecule has 4 rings (SSSR count). The molecule has 2 saturated heterocycles. The molecule has 4 heterocycles. The van der Waals surface area contributed by atoms with Crippen molar-refractivity contribution in [1.29, 1.82) is 0 Å². The SMILES string of the molecule is CC(C)(C)OC(=O)NCCCCC(NC(=O)OC(C)(C)C)C(=O)OCC#Cc1cn([C@H]2C[C@@H](O)[C@@H](COP(=O)(O)OP(=O)(O)OP(=O)(O)O)O2)c(=O)nc1N.NCCCCC(N)C(=O)OCC#Cc1cn([C@H]2C[C@@H](O)[C@@H](COP(=O)(O)OP(=O)(O)OP(=O)(O)O)O2)c(=O)nc1N. The van der Waals surface area contributed by atoms with Gasteiger partial charge in [0.2, 0.25) is 0 Å². The van der Waals surface area contributed by atoms with Gasteiger partial charge in [-0.15, -0.1) is 0 Å². The molecule has 2 aromatic rings. The Morgan fingerprint density at radius 3 is 1.44 bits per heavy atom. The second-order valence-corrected chi connectivity index (χ2v) is 30.8. The van der Waals surface area contributed by atoms with Gasteiger partial charge in [-0.25, -0.2) is 51.4 Å². The minimum atomic E-state index is -5.79. The van der Waals surface area contributed by atoms with Crippen LogP contribution in [0, 0.1) is 23.7 Å². The predicted octanol–water partition coefficient (Wildman–Crippen LogP) is -0.532. The Morgan fingerprint density at radius 1 is 0.625 bits per heavy atom. The molecule has 2 amide bonds. The maximum absolute atomic E-state index is 12.9. The number of alkyl carbamates (subject to hydrolysis) is 2. The zero-order chi connectivity index (χ0) is 73.0. The summed E-state index contributed by atoms with van der Waals surface area (Å²) in [4.78, 5) is 153. The van der Waals surface area contributed by atoms with Crippen molar-refractivity contribution in [2.75, 3.05) is 51.0 Å². The summed E-state index contributed by atoms with van der Waals surface area (Å²) >= 11 is 0. The van der Waals surface area contributed by atoms with Crippen LogP contribution < -0.4 is 44.9 Å². The van der Waals surface area contributed by atoms with Crippen molar-refractivity contribution in [3.05, 3.63) is 44.5 Å². The lowest BCUT2D eigenvalue weighted by Crippen LogP contribution is -2.44. The van der Waals surface area contributed by atoms with E-state index in [1.165, 1.54) is 0 Å². The Balaban J connectivity index is 0.000000522. The van der Waals surface area contributed by atoms with Gasteiger partial charge in [0.15, 0.2) is 13.2 Å². The highest BCUT2D eigenvalue weighted by Crippen LogP contribution is 2.67. The van der Waals surface area contributed by atoms with E-state index >= 15 is 0 Å². The van der Waals surface area contributed by atoms with E-state index in [9.17, 15) is 85.9 Å². The van der Waals surface area contributed by atoms with Crippen LogP contribution >= 0.6 is 46.9 Å². The van der Waals surface area contributed by atoms with E-state index in [-0.39, 0.29) is 55.2 Å². The fourth-order valence-corrected chi connectivity index (χ4v) is 13.6. The van der Waals surface area contributed by atoms with E-state index < -0.39 is 162 Å². The van der Waals surface area contributed by atoms with Crippen LogP contribution in [-0.2, 0) is 91.7 Å². The lowest BCUT2D eigenvalue weighted by Gasteiger charge is -2.23. The Labute approximate surface area is 545 Å². The number of unbranched alkanes of at least 4 members (excludes halogenated alkanes) is 2. The van der Waals surface area contributed by atoms with Crippen molar-refractivity contribution in [2.24, 2.45) is 11.5 Å². The molecule has 2 fully saturated rings. The Kier molecular flexibility index (Phi) is 32.3. The fourth-order valence-electron chi connectivity index (χ4n) is 7.57. The molecule has 0 saturated carbocycles. The topological polar surface area (TPSA) is 682 Å². The van der Waals surface area contributed by atoms with Crippen LogP contribution in [0.25, 0.3) is 0 Å². The minimum absolute atomic E-state index is 0.0303. The number of carbonyl (C=O) groups is 4. The van der Waals surface area contributed by atoms with Gasteiger partial charge in [-0.2, -0.15) is 27.2 Å². The summed E-state index contributed by atoms with van der Waals surface area (Å²) in [6.45, 7) is 8.00. The van der Waals surface area contributed by atoms with Gasteiger partial charge in [0.1, 0.15) is 59.6 Å². The molecule has 0 bridgehead atoms. The summed E-state index contributed by atoms with van der Waals surface area (Å²) in [5, 5.41) is 25.7. The van der Waals surface area contributed by atoms with E-state index in [2.05, 4.69) is 70.6 Å². The average Bonchev–Trinajstić information content (AvgIpc) is 1.64. The Morgan fingerprint density at radius 2 is 1.03 bits per heavy atom. The highest BCUT2D eigenvalue weighted by Gasteiger charge is 2.45. The van der Waals surface area contributed by atoms with Crippen molar-refractivity contribution in [3.63, 3.8) is 0 Å². The van der Waals surface area contributed by atoms with Gasteiger partial charge < -0.3 is 111 Å². The first-order valence-electron chi connectivity index (χ1n) is 27.7. The molecule has 6 unspecified atom stereocenters. The molecule has 44 nitrogen and oxygen atoms in total. The van der Waals surface area contributed by atoms with Crippen LogP contribution in [0.4, 0.5) is 21.2 Å². The molecule has 50 heteroatoms. The van der Waals surface area contributed by atoms with E-state index in [0.717, 1.165) is 21.5 Å². The van der Waals surface area contributed by atoms with E-state index in [1.54, 1.807) is 41.5 Å². The second kappa shape index (κ2) is 36.6. The smallest absolute Gasteiger partial charge is 0.451 e. The number of esters is 2. The number of carbonyl (C=O) groups excluding carboxylic acids is 4. The van der Waals surface area contributed by atoms with Crippen LogP contribution in [0.5, 0.6) is 0 Å². The number of nitrogens with zero attached hydrogens (tertiary/aromatic N) is 4. The summed E-state index contributed by atoms with van der Waals surface area (Å²) in [7, 11) is -33.7. The monoisotopic (exact) mass is 1500 g/mol. The van der Waals surface area contributed by atoms with Crippen molar-refractivity contribution < 1.29 is 151 Å². The van der Waals surface area contributed by atoms with Gasteiger partial charge in [0, 0.05) is 31.8 Å². The minimum Gasteiger partial charge on any atom is -0.451 e. The summed E-state index contributed by atoms with van der Waals surface area (Å²) in [5.41, 5.74) is 19.3.